The molecule has 0 radical (unpaired) electrons. The van der Waals surface area contributed by atoms with Gasteiger partial charge in [-0.2, -0.15) is 18.3 Å². The molecule has 3 rings (SSSR count). The van der Waals surface area contributed by atoms with Crippen LogP contribution in [-0.2, 0) is 11.0 Å². The molecule has 2 amide bonds. The number of benzene rings is 2. The number of aromatic nitrogens is 2. The summed E-state index contributed by atoms with van der Waals surface area (Å²) in [5.74, 6) is -1.85. The first-order valence-electron chi connectivity index (χ1n) is 9.68. The summed E-state index contributed by atoms with van der Waals surface area (Å²) in [7, 11) is 0. The van der Waals surface area contributed by atoms with Gasteiger partial charge < -0.3 is 10.2 Å². The van der Waals surface area contributed by atoms with E-state index in [-0.39, 0.29) is 17.8 Å². The van der Waals surface area contributed by atoms with Gasteiger partial charge in [0.15, 0.2) is 0 Å². The summed E-state index contributed by atoms with van der Waals surface area (Å²) >= 11 is 0. The fourth-order valence-corrected chi connectivity index (χ4v) is 3.19. The van der Waals surface area contributed by atoms with Gasteiger partial charge in [-0.05, 0) is 38.1 Å². The number of hydrogen-bond acceptors (Lipinski definition) is 3. The van der Waals surface area contributed by atoms with Crippen molar-refractivity contribution in [3.63, 3.8) is 0 Å². The van der Waals surface area contributed by atoms with Gasteiger partial charge in [-0.25, -0.2) is 9.07 Å². The number of alkyl halides is 3. The lowest BCUT2D eigenvalue weighted by molar-refractivity contribution is -0.137. The van der Waals surface area contributed by atoms with Gasteiger partial charge in [-0.15, -0.1) is 0 Å². The highest BCUT2D eigenvalue weighted by Crippen LogP contribution is 2.34. The summed E-state index contributed by atoms with van der Waals surface area (Å²) in [6.07, 6.45) is -3.37. The van der Waals surface area contributed by atoms with Gasteiger partial charge in [0.05, 0.1) is 28.7 Å². The fourth-order valence-electron chi connectivity index (χ4n) is 3.19. The lowest BCUT2D eigenvalue weighted by Gasteiger charge is -2.21. The van der Waals surface area contributed by atoms with Crippen molar-refractivity contribution >= 4 is 17.5 Å². The second kappa shape index (κ2) is 9.21. The average Bonchev–Trinajstić information content (AvgIpc) is 3.12. The van der Waals surface area contributed by atoms with E-state index >= 15 is 0 Å². The summed E-state index contributed by atoms with van der Waals surface area (Å²) in [5.41, 5.74) is -0.699. The van der Waals surface area contributed by atoms with Crippen LogP contribution in [0.5, 0.6) is 0 Å². The molecule has 0 saturated carbocycles. The van der Waals surface area contributed by atoms with Crippen molar-refractivity contribution in [3.8, 4) is 5.69 Å². The Morgan fingerprint density at radius 2 is 1.75 bits per heavy atom. The molecule has 1 N–H and O–H groups in total. The molecule has 0 fully saturated rings. The quantitative estimate of drug-likeness (QED) is 0.567. The van der Waals surface area contributed by atoms with Crippen LogP contribution >= 0.6 is 0 Å². The number of rotatable bonds is 6. The van der Waals surface area contributed by atoms with Crippen LogP contribution in [0.1, 0.15) is 28.5 Å². The molecular weight excluding hydrogens is 428 g/mol. The highest BCUT2D eigenvalue weighted by molar-refractivity contribution is 6.00. The number of hydrogen-bond donors (Lipinski definition) is 1. The third kappa shape index (κ3) is 4.79. The molecule has 0 atom stereocenters. The van der Waals surface area contributed by atoms with Gasteiger partial charge >= 0.3 is 6.18 Å². The Hall–Kier alpha value is -3.69. The molecule has 0 aliphatic carbocycles. The minimum absolute atomic E-state index is 0.123. The first-order chi connectivity index (χ1) is 15.1. The van der Waals surface area contributed by atoms with E-state index in [0.29, 0.717) is 5.69 Å². The van der Waals surface area contributed by atoms with E-state index in [9.17, 15) is 27.2 Å². The maximum absolute atomic E-state index is 14.1. The highest BCUT2D eigenvalue weighted by atomic mass is 19.4. The van der Waals surface area contributed by atoms with E-state index < -0.39 is 41.6 Å². The third-order valence-electron chi connectivity index (χ3n) is 4.83. The molecule has 3 aromatic rings. The van der Waals surface area contributed by atoms with Gasteiger partial charge in [-0.3, -0.25) is 9.59 Å². The molecular formula is C22H20F4N4O2. The lowest BCUT2D eigenvalue weighted by Crippen LogP contribution is -2.38. The predicted octanol–water partition coefficient (Wildman–Crippen LogP) is 4.44. The Kier molecular flexibility index (Phi) is 6.61. The van der Waals surface area contributed by atoms with Crippen molar-refractivity contribution in [3.05, 3.63) is 77.4 Å². The van der Waals surface area contributed by atoms with Crippen LogP contribution in [0.2, 0.25) is 0 Å². The largest absolute Gasteiger partial charge is 0.418 e. The number of carbonyl (C=O) groups is 2. The zero-order valence-electron chi connectivity index (χ0n) is 17.3. The van der Waals surface area contributed by atoms with E-state index in [1.165, 1.54) is 46.1 Å². The van der Waals surface area contributed by atoms with Crippen molar-refractivity contribution in [2.24, 2.45) is 0 Å². The van der Waals surface area contributed by atoms with E-state index in [1.807, 2.05) is 0 Å². The minimum atomic E-state index is -4.64. The Balaban J connectivity index is 1.78. The van der Waals surface area contributed by atoms with Crippen LogP contribution in [0.25, 0.3) is 5.69 Å². The average molecular weight is 448 g/mol. The SMILES string of the molecule is CCN(CC(=O)Nc1ccccc1C(F)(F)F)C(=O)c1cnn(-c2ccccc2F)c1C. The number of anilines is 1. The predicted molar refractivity (Wildman–Crippen MR) is 110 cm³/mol. The summed E-state index contributed by atoms with van der Waals surface area (Å²) in [6, 6.07) is 10.5. The van der Waals surface area contributed by atoms with Gasteiger partial charge in [0.1, 0.15) is 18.0 Å². The van der Waals surface area contributed by atoms with E-state index in [2.05, 4.69) is 10.4 Å². The van der Waals surface area contributed by atoms with Gasteiger partial charge in [0.2, 0.25) is 5.91 Å². The van der Waals surface area contributed by atoms with E-state index in [1.54, 1.807) is 19.9 Å². The second-order valence-electron chi connectivity index (χ2n) is 6.92. The molecule has 0 spiro atoms. The van der Waals surface area contributed by atoms with Crippen molar-refractivity contribution in [1.29, 1.82) is 0 Å². The molecule has 6 nitrogen and oxygen atoms in total. The first kappa shape index (κ1) is 23.0. The van der Waals surface area contributed by atoms with E-state index in [4.69, 9.17) is 0 Å². The third-order valence-corrected chi connectivity index (χ3v) is 4.83. The van der Waals surface area contributed by atoms with Crippen LogP contribution < -0.4 is 5.32 Å². The number of carbonyl (C=O) groups excluding carboxylic acids is 2. The Morgan fingerprint density at radius 3 is 2.41 bits per heavy atom. The normalized spacial score (nSPS) is 11.3. The molecule has 1 heterocycles. The number of nitrogens with zero attached hydrogens (tertiary/aromatic N) is 3. The standard InChI is InChI=1S/C22H20F4N4O2/c1-3-29(13-20(31)28-18-10-6-4-8-16(18)22(24,25)26)21(32)15-12-27-30(14(15)2)19-11-7-5-9-17(19)23/h4-12H,3,13H2,1-2H3,(H,28,31). The Labute approximate surface area is 181 Å². The first-order valence-corrected chi connectivity index (χ1v) is 9.68. The number of nitrogens with one attached hydrogen (secondary N) is 1. The van der Waals surface area contributed by atoms with Crippen LogP contribution in [0, 0.1) is 12.7 Å². The van der Waals surface area contributed by atoms with Crippen molar-refractivity contribution in [1.82, 2.24) is 14.7 Å². The molecule has 168 valence electrons. The van der Waals surface area contributed by atoms with Crippen LogP contribution in [0.15, 0.2) is 54.7 Å². The second-order valence-corrected chi connectivity index (χ2v) is 6.92. The maximum Gasteiger partial charge on any atom is 0.418 e. The zero-order chi connectivity index (χ0) is 23.5. The lowest BCUT2D eigenvalue weighted by atomic mass is 10.1. The number of amides is 2. The molecule has 0 saturated heterocycles. The van der Waals surface area contributed by atoms with Gasteiger partial charge in [0.25, 0.3) is 5.91 Å². The summed E-state index contributed by atoms with van der Waals surface area (Å²) < 4.78 is 54.8. The highest BCUT2D eigenvalue weighted by Gasteiger charge is 2.33. The monoisotopic (exact) mass is 448 g/mol. The molecule has 2 aromatic carbocycles. The molecule has 0 bridgehead atoms. The summed E-state index contributed by atoms with van der Waals surface area (Å²) in [5, 5.41) is 6.29. The minimum Gasteiger partial charge on any atom is -0.329 e. The number of para-hydroxylation sites is 2. The number of likely N-dealkylation sites (N-methyl/N-ethyl adjacent to an activating group) is 1. The molecule has 10 heteroatoms. The summed E-state index contributed by atoms with van der Waals surface area (Å²) in [6.45, 7) is 2.87. The molecule has 0 aliphatic heterocycles. The zero-order valence-corrected chi connectivity index (χ0v) is 17.3. The fraction of sp³-hybridized carbons (Fsp3) is 0.227. The smallest absolute Gasteiger partial charge is 0.329 e. The summed E-state index contributed by atoms with van der Waals surface area (Å²) in [4.78, 5) is 26.5. The molecule has 32 heavy (non-hydrogen) atoms. The van der Waals surface area contributed by atoms with Crippen LogP contribution in [0.3, 0.4) is 0 Å². The van der Waals surface area contributed by atoms with Gasteiger partial charge in [-0.1, -0.05) is 24.3 Å². The Bertz CT molecular complexity index is 1140. The van der Waals surface area contributed by atoms with Crippen molar-refractivity contribution < 1.29 is 27.2 Å². The molecule has 1 aromatic heterocycles. The Morgan fingerprint density at radius 1 is 1.09 bits per heavy atom. The molecule has 0 unspecified atom stereocenters. The topological polar surface area (TPSA) is 67.2 Å². The van der Waals surface area contributed by atoms with Crippen LogP contribution in [-0.4, -0.2) is 39.6 Å². The van der Waals surface area contributed by atoms with E-state index in [0.717, 1.165) is 12.1 Å². The van der Waals surface area contributed by atoms with Crippen molar-refractivity contribution in [2.75, 3.05) is 18.4 Å². The van der Waals surface area contributed by atoms with Gasteiger partial charge in [0, 0.05) is 6.54 Å². The maximum atomic E-state index is 14.1. The molecule has 0 aliphatic rings. The van der Waals surface area contributed by atoms with Crippen LogP contribution in [0.4, 0.5) is 23.2 Å². The number of halogens is 4. The van der Waals surface area contributed by atoms with Crippen molar-refractivity contribution in [2.45, 2.75) is 20.0 Å².